The Hall–Kier alpha value is -0.240. The summed E-state index contributed by atoms with van der Waals surface area (Å²) in [5, 5.41) is 0. The molecule has 0 amide bonds. The van der Waals surface area contributed by atoms with Crippen LogP contribution in [0.15, 0.2) is 16.7 Å². The van der Waals surface area contributed by atoms with Gasteiger partial charge in [0.25, 0.3) is 0 Å². The van der Waals surface area contributed by atoms with E-state index in [1.165, 1.54) is 100 Å². The topological polar surface area (TPSA) is 15.8 Å². The highest BCUT2D eigenvalue weighted by molar-refractivity contribution is 9.10. The molecule has 0 aliphatic carbocycles. The van der Waals surface area contributed by atoms with E-state index in [9.17, 15) is 0 Å². The molecule has 1 N–H and O–H groups in total. The zero-order chi connectivity index (χ0) is 15.2. The Bertz CT molecular complexity index is 332. The average Bonchev–Trinajstić information content (AvgIpc) is 2.89. The van der Waals surface area contributed by atoms with Gasteiger partial charge in [0.05, 0.1) is 0 Å². The molecule has 122 valence electrons. The largest absolute Gasteiger partial charge is 0.364 e. The van der Waals surface area contributed by atoms with Crippen LogP contribution >= 0.6 is 15.9 Å². The van der Waals surface area contributed by atoms with Crippen LogP contribution in [0, 0.1) is 0 Å². The molecule has 0 fully saturated rings. The van der Waals surface area contributed by atoms with Gasteiger partial charge >= 0.3 is 0 Å². The standard InChI is InChI=1S/C19H34BrN/c1-2-3-4-5-6-7-8-9-10-11-12-13-14-15-19-18(20)16-17-21-19/h16-17,21H,2-15H2,1H3. The Morgan fingerprint density at radius 3 is 1.67 bits per heavy atom. The molecule has 0 saturated heterocycles. The van der Waals surface area contributed by atoms with Gasteiger partial charge in [-0.15, -0.1) is 0 Å². The molecule has 0 saturated carbocycles. The predicted octanol–water partition coefficient (Wildman–Crippen LogP) is 7.41. The molecule has 0 aromatic carbocycles. The molecule has 0 aliphatic heterocycles. The van der Waals surface area contributed by atoms with Gasteiger partial charge in [0.15, 0.2) is 0 Å². The monoisotopic (exact) mass is 355 g/mol. The van der Waals surface area contributed by atoms with Gasteiger partial charge in [-0.1, -0.05) is 84.0 Å². The number of halogens is 1. The maximum Gasteiger partial charge on any atom is 0.0382 e. The summed E-state index contributed by atoms with van der Waals surface area (Å²) in [6.07, 6.45) is 21.7. The van der Waals surface area contributed by atoms with E-state index in [0.717, 1.165) is 0 Å². The molecule has 1 aromatic heterocycles. The van der Waals surface area contributed by atoms with Crippen molar-refractivity contribution >= 4 is 15.9 Å². The highest BCUT2D eigenvalue weighted by atomic mass is 79.9. The Kier molecular flexibility index (Phi) is 12.0. The Labute approximate surface area is 140 Å². The number of rotatable bonds is 14. The van der Waals surface area contributed by atoms with Crippen molar-refractivity contribution in [3.05, 3.63) is 22.4 Å². The summed E-state index contributed by atoms with van der Waals surface area (Å²) < 4.78 is 1.24. The lowest BCUT2D eigenvalue weighted by Crippen LogP contribution is -1.87. The third-order valence-electron chi connectivity index (χ3n) is 4.31. The summed E-state index contributed by atoms with van der Waals surface area (Å²) in [4.78, 5) is 3.30. The number of aromatic nitrogens is 1. The summed E-state index contributed by atoms with van der Waals surface area (Å²) in [5.41, 5.74) is 1.36. The second-order valence-electron chi connectivity index (χ2n) is 6.30. The number of H-pyrrole nitrogens is 1. The zero-order valence-electron chi connectivity index (χ0n) is 13.9. The minimum atomic E-state index is 1.19. The van der Waals surface area contributed by atoms with E-state index in [0.29, 0.717) is 0 Å². The van der Waals surface area contributed by atoms with Gasteiger partial charge in [0, 0.05) is 16.4 Å². The van der Waals surface area contributed by atoms with E-state index >= 15 is 0 Å². The van der Waals surface area contributed by atoms with Gasteiger partial charge in [-0.05, 0) is 34.8 Å². The Balaban J connectivity index is 1.76. The average molecular weight is 356 g/mol. The molecule has 0 unspecified atom stereocenters. The van der Waals surface area contributed by atoms with E-state index in [4.69, 9.17) is 0 Å². The number of hydrogen-bond acceptors (Lipinski definition) is 0. The van der Waals surface area contributed by atoms with Crippen LogP contribution in [0.25, 0.3) is 0 Å². The van der Waals surface area contributed by atoms with Crippen molar-refractivity contribution in [2.45, 2.75) is 96.8 Å². The minimum Gasteiger partial charge on any atom is -0.364 e. The highest BCUT2D eigenvalue weighted by Crippen LogP contribution is 2.18. The highest BCUT2D eigenvalue weighted by Gasteiger charge is 1.99. The van der Waals surface area contributed by atoms with Gasteiger partial charge < -0.3 is 4.98 Å². The Morgan fingerprint density at radius 2 is 1.24 bits per heavy atom. The number of nitrogens with one attached hydrogen (secondary N) is 1. The molecule has 2 heteroatoms. The van der Waals surface area contributed by atoms with Crippen molar-refractivity contribution in [2.75, 3.05) is 0 Å². The number of unbranched alkanes of at least 4 members (excludes halogenated alkanes) is 12. The maximum atomic E-state index is 3.57. The van der Waals surface area contributed by atoms with Crippen molar-refractivity contribution in [3.8, 4) is 0 Å². The van der Waals surface area contributed by atoms with Gasteiger partial charge in [-0.2, -0.15) is 0 Å². The minimum absolute atomic E-state index is 1.19. The molecule has 1 heterocycles. The lowest BCUT2D eigenvalue weighted by molar-refractivity contribution is 0.539. The second kappa shape index (κ2) is 13.4. The Morgan fingerprint density at radius 1 is 0.762 bits per heavy atom. The fourth-order valence-corrected chi connectivity index (χ4v) is 3.34. The first kappa shape index (κ1) is 18.8. The van der Waals surface area contributed by atoms with Crippen LogP contribution in [0.1, 0.15) is 96.1 Å². The van der Waals surface area contributed by atoms with Crippen molar-refractivity contribution in [1.82, 2.24) is 4.98 Å². The SMILES string of the molecule is CCCCCCCCCCCCCCCc1[nH]ccc1Br. The summed E-state index contributed by atoms with van der Waals surface area (Å²) in [5.74, 6) is 0. The molecule has 1 aromatic rings. The van der Waals surface area contributed by atoms with Gasteiger partial charge in [0.2, 0.25) is 0 Å². The van der Waals surface area contributed by atoms with Crippen molar-refractivity contribution in [1.29, 1.82) is 0 Å². The van der Waals surface area contributed by atoms with Crippen LogP contribution < -0.4 is 0 Å². The van der Waals surface area contributed by atoms with E-state index in [1.807, 2.05) is 6.20 Å². The summed E-state index contributed by atoms with van der Waals surface area (Å²) in [7, 11) is 0. The fraction of sp³-hybridized carbons (Fsp3) is 0.789. The van der Waals surface area contributed by atoms with Gasteiger partial charge in [-0.25, -0.2) is 0 Å². The molecule has 0 bridgehead atoms. The molecule has 0 radical (unpaired) electrons. The van der Waals surface area contributed by atoms with Crippen LogP contribution in [0.5, 0.6) is 0 Å². The van der Waals surface area contributed by atoms with Crippen molar-refractivity contribution in [3.63, 3.8) is 0 Å². The van der Waals surface area contributed by atoms with Crippen molar-refractivity contribution in [2.24, 2.45) is 0 Å². The maximum absolute atomic E-state index is 3.57. The molecule has 0 aliphatic rings. The van der Waals surface area contributed by atoms with E-state index < -0.39 is 0 Å². The normalized spacial score (nSPS) is 11.1. The molecule has 1 rings (SSSR count). The first-order valence-electron chi connectivity index (χ1n) is 9.16. The van der Waals surface area contributed by atoms with Crippen LogP contribution in [0.2, 0.25) is 0 Å². The molecular formula is C19H34BrN. The number of aryl methyl sites for hydroxylation is 1. The fourth-order valence-electron chi connectivity index (χ4n) is 2.90. The lowest BCUT2D eigenvalue weighted by Gasteiger charge is -2.03. The van der Waals surface area contributed by atoms with Crippen LogP contribution in [-0.2, 0) is 6.42 Å². The quantitative estimate of drug-likeness (QED) is 0.334. The summed E-state index contributed by atoms with van der Waals surface area (Å²) in [6, 6.07) is 2.09. The predicted molar refractivity (Wildman–Crippen MR) is 97.9 cm³/mol. The van der Waals surface area contributed by atoms with Gasteiger partial charge in [-0.3, -0.25) is 0 Å². The summed E-state index contributed by atoms with van der Waals surface area (Å²) >= 11 is 3.57. The summed E-state index contributed by atoms with van der Waals surface area (Å²) in [6.45, 7) is 2.29. The first-order valence-corrected chi connectivity index (χ1v) is 9.95. The zero-order valence-corrected chi connectivity index (χ0v) is 15.5. The van der Waals surface area contributed by atoms with Crippen LogP contribution in [0.4, 0.5) is 0 Å². The number of aromatic amines is 1. The molecule has 0 spiro atoms. The van der Waals surface area contributed by atoms with Crippen molar-refractivity contribution < 1.29 is 0 Å². The first-order chi connectivity index (χ1) is 10.3. The third-order valence-corrected chi connectivity index (χ3v) is 5.05. The molecule has 0 atom stereocenters. The van der Waals surface area contributed by atoms with Crippen LogP contribution in [0.3, 0.4) is 0 Å². The van der Waals surface area contributed by atoms with Gasteiger partial charge in [0.1, 0.15) is 0 Å². The number of hydrogen-bond donors (Lipinski definition) is 1. The van der Waals surface area contributed by atoms with E-state index in [-0.39, 0.29) is 0 Å². The molecule has 1 nitrogen and oxygen atoms in total. The smallest absolute Gasteiger partial charge is 0.0382 e. The lowest BCUT2D eigenvalue weighted by atomic mass is 10.0. The van der Waals surface area contributed by atoms with Crippen LogP contribution in [-0.4, -0.2) is 4.98 Å². The van der Waals surface area contributed by atoms with E-state index in [1.54, 1.807) is 0 Å². The third kappa shape index (κ3) is 10.2. The second-order valence-corrected chi connectivity index (χ2v) is 7.15. The molecular weight excluding hydrogens is 322 g/mol. The molecule has 21 heavy (non-hydrogen) atoms. The van der Waals surface area contributed by atoms with E-state index in [2.05, 4.69) is 33.9 Å².